The van der Waals surface area contributed by atoms with Crippen LogP contribution in [0, 0.1) is 5.92 Å². The lowest BCUT2D eigenvalue weighted by atomic mass is 10.1. The summed E-state index contributed by atoms with van der Waals surface area (Å²) in [5.41, 5.74) is 3.95. The highest BCUT2D eigenvalue weighted by molar-refractivity contribution is 5.82. The van der Waals surface area contributed by atoms with Crippen molar-refractivity contribution in [1.29, 1.82) is 0 Å². The van der Waals surface area contributed by atoms with Gasteiger partial charge in [0.1, 0.15) is 11.5 Å². The molecule has 0 N–H and O–H groups in total. The Morgan fingerprint density at radius 2 is 0.939 bits per heavy atom. The van der Waals surface area contributed by atoms with Crippen LogP contribution in [-0.4, -0.2) is 31.9 Å². The maximum atomic E-state index is 12.7. The Balaban J connectivity index is 1.17. The van der Waals surface area contributed by atoms with E-state index in [1.54, 1.807) is 31.2 Å². The van der Waals surface area contributed by atoms with Gasteiger partial charge in [-0.15, -0.1) is 0 Å². The molecule has 8 nitrogen and oxygen atoms in total. The standard InChI is InChI=1S/C41H52N4O4/c1-4-6-8-10-12-14-16-32-27-42-39(43-28-32)34-18-22-36(23-19-34)48-38(46)26-31(3)41(47)49-37-24-20-35(21-25-37)40-44-29-33(30-45-40)17-15-13-11-9-7-5-2/h18-25,27-31H,4-17,26H2,1-3H3. The quantitative estimate of drug-likeness (QED) is 0.0492. The number of rotatable bonds is 21. The van der Waals surface area contributed by atoms with E-state index in [9.17, 15) is 9.59 Å². The van der Waals surface area contributed by atoms with Crippen LogP contribution in [0.4, 0.5) is 0 Å². The van der Waals surface area contributed by atoms with Crippen molar-refractivity contribution >= 4 is 11.9 Å². The molecule has 49 heavy (non-hydrogen) atoms. The minimum atomic E-state index is -0.683. The third-order valence-corrected chi connectivity index (χ3v) is 8.60. The monoisotopic (exact) mass is 664 g/mol. The average Bonchev–Trinajstić information content (AvgIpc) is 3.12. The van der Waals surface area contributed by atoms with Gasteiger partial charge in [0.15, 0.2) is 11.6 Å². The first-order valence-electron chi connectivity index (χ1n) is 18.2. The Morgan fingerprint density at radius 3 is 1.37 bits per heavy atom. The molecule has 0 amide bonds. The normalized spacial score (nSPS) is 11.7. The largest absolute Gasteiger partial charge is 0.427 e. The number of esters is 2. The molecule has 260 valence electrons. The Morgan fingerprint density at radius 1 is 0.551 bits per heavy atom. The number of hydrogen-bond acceptors (Lipinski definition) is 8. The van der Waals surface area contributed by atoms with Crippen molar-refractivity contribution in [1.82, 2.24) is 19.9 Å². The van der Waals surface area contributed by atoms with Crippen LogP contribution in [0.25, 0.3) is 22.8 Å². The van der Waals surface area contributed by atoms with Gasteiger partial charge >= 0.3 is 11.9 Å². The van der Waals surface area contributed by atoms with Gasteiger partial charge in [0, 0.05) is 35.9 Å². The van der Waals surface area contributed by atoms with Gasteiger partial charge in [-0.05, 0) is 85.3 Å². The van der Waals surface area contributed by atoms with Crippen LogP contribution in [-0.2, 0) is 22.4 Å². The maximum absolute atomic E-state index is 12.7. The summed E-state index contributed by atoms with van der Waals surface area (Å²) in [5.74, 6) is 0.324. The average molecular weight is 665 g/mol. The minimum Gasteiger partial charge on any atom is -0.427 e. The molecule has 2 aromatic carbocycles. The van der Waals surface area contributed by atoms with Crippen LogP contribution in [0.3, 0.4) is 0 Å². The summed E-state index contributed by atoms with van der Waals surface area (Å²) < 4.78 is 11.0. The predicted molar refractivity (Wildman–Crippen MR) is 194 cm³/mol. The van der Waals surface area contributed by atoms with Crippen molar-refractivity contribution in [2.24, 2.45) is 5.92 Å². The third-order valence-electron chi connectivity index (χ3n) is 8.60. The van der Waals surface area contributed by atoms with Crippen molar-refractivity contribution in [3.63, 3.8) is 0 Å². The predicted octanol–water partition coefficient (Wildman–Crippen LogP) is 9.94. The number of carbonyl (C=O) groups is 2. The second-order valence-electron chi connectivity index (χ2n) is 12.9. The summed E-state index contributed by atoms with van der Waals surface area (Å²) in [4.78, 5) is 43.4. The molecular weight excluding hydrogens is 612 g/mol. The molecule has 4 rings (SSSR count). The van der Waals surface area contributed by atoms with Crippen LogP contribution in [0.5, 0.6) is 11.5 Å². The number of hydrogen-bond donors (Lipinski definition) is 0. The SMILES string of the molecule is CCCCCCCCc1cnc(-c2ccc(OC(=O)CC(C)C(=O)Oc3ccc(-c4ncc(CCCCCCCC)cn4)cc3)cc2)nc1. The highest BCUT2D eigenvalue weighted by Gasteiger charge is 2.21. The molecular formula is C41H52N4O4. The molecule has 0 saturated heterocycles. The molecule has 4 aromatic rings. The van der Waals surface area contributed by atoms with Crippen LogP contribution < -0.4 is 9.47 Å². The molecule has 0 spiro atoms. The Labute approximate surface area is 292 Å². The molecule has 0 aliphatic heterocycles. The summed E-state index contributed by atoms with van der Waals surface area (Å²) in [6.45, 7) is 6.11. The van der Waals surface area contributed by atoms with Crippen LogP contribution >= 0.6 is 0 Å². The van der Waals surface area contributed by atoms with Gasteiger partial charge in [0.05, 0.1) is 12.3 Å². The van der Waals surface area contributed by atoms with E-state index < -0.39 is 17.9 Å². The van der Waals surface area contributed by atoms with Crippen molar-refractivity contribution in [2.75, 3.05) is 0 Å². The first kappa shape index (κ1) is 37.4. The zero-order valence-electron chi connectivity index (χ0n) is 29.5. The molecule has 0 radical (unpaired) electrons. The second kappa shape index (κ2) is 20.8. The molecule has 2 aromatic heterocycles. The molecule has 0 saturated carbocycles. The Bertz CT molecular complexity index is 1540. The van der Waals surface area contributed by atoms with Crippen LogP contribution in [0.1, 0.15) is 115 Å². The minimum absolute atomic E-state index is 0.110. The number of aryl methyl sites for hydroxylation is 2. The van der Waals surface area contributed by atoms with Crippen LogP contribution in [0.15, 0.2) is 73.3 Å². The Hall–Kier alpha value is -4.46. The molecule has 0 aliphatic carbocycles. The highest BCUT2D eigenvalue weighted by atomic mass is 16.5. The Kier molecular flexibility index (Phi) is 15.9. The zero-order chi connectivity index (χ0) is 34.7. The van der Waals surface area contributed by atoms with Crippen molar-refractivity contribution in [3.05, 3.63) is 84.4 Å². The summed E-state index contributed by atoms with van der Waals surface area (Å²) in [6, 6.07) is 14.1. The molecule has 1 unspecified atom stereocenters. The lowest BCUT2D eigenvalue weighted by Crippen LogP contribution is -2.22. The smallest absolute Gasteiger partial charge is 0.314 e. The molecule has 2 heterocycles. The highest BCUT2D eigenvalue weighted by Crippen LogP contribution is 2.23. The van der Waals surface area contributed by atoms with Gasteiger partial charge < -0.3 is 9.47 Å². The number of aromatic nitrogens is 4. The van der Waals surface area contributed by atoms with Crippen LogP contribution in [0.2, 0.25) is 0 Å². The van der Waals surface area contributed by atoms with E-state index in [0.29, 0.717) is 23.1 Å². The summed E-state index contributed by atoms with van der Waals surface area (Å²) >= 11 is 0. The van der Waals surface area contributed by atoms with E-state index in [-0.39, 0.29) is 6.42 Å². The van der Waals surface area contributed by atoms with E-state index in [4.69, 9.17) is 9.47 Å². The summed E-state index contributed by atoms with van der Waals surface area (Å²) in [5, 5.41) is 0. The molecule has 0 bridgehead atoms. The fourth-order valence-electron chi connectivity index (χ4n) is 5.55. The molecule has 1 atom stereocenters. The topological polar surface area (TPSA) is 104 Å². The van der Waals surface area contributed by atoms with E-state index >= 15 is 0 Å². The fourth-order valence-corrected chi connectivity index (χ4v) is 5.55. The first-order valence-corrected chi connectivity index (χ1v) is 18.2. The van der Waals surface area contributed by atoms with Crippen molar-refractivity contribution in [3.8, 4) is 34.3 Å². The number of ether oxygens (including phenoxy) is 2. The van der Waals surface area contributed by atoms with Gasteiger partial charge in [-0.3, -0.25) is 9.59 Å². The first-order chi connectivity index (χ1) is 23.9. The zero-order valence-corrected chi connectivity index (χ0v) is 29.5. The number of carbonyl (C=O) groups excluding carboxylic acids is 2. The van der Waals surface area contributed by atoms with E-state index in [1.807, 2.05) is 49.1 Å². The van der Waals surface area contributed by atoms with Gasteiger partial charge in [0.25, 0.3) is 0 Å². The lowest BCUT2D eigenvalue weighted by Gasteiger charge is -2.11. The molecule has 0 fully saturated rings. The lowest BCUT2D eigenvalue weighted by molar-refractivity contribution is -0.144. The maximum Gasteiger partial charge on any atom is 0.314 e. The molecule has 8 heteroatoms. The summed E-state index contributed by atoms with van der Waals surface area (Å²) in [6.07, 6.45) is 24.5. The van der Waals surface area contributed by atoms with E-state index in [2.05, 4.69) is 33.8 Å². The number of nitrogens with zero attached hydrogens (tertiary/aromatic N) is 4. The molecule has 0 aliphatic rings. The number of benzene rings is 2. The number of unbranched alkanes of at least 4 members (excludes halogenated alkanes) is 10. The van der Waals surface area contributed by atoms with E-state index in [0.717, 1.165) is 47.9 Å². The van der Waals surface area contributed by atoms with Gasteiger partial charge in [-0.1, -0.05) is 85.0 Å². The van der Waals surface area contributed by atoms with Gasteiger partial charge in [0.2, 0.25) is 0 Å². The third kappa shape index (κ3) is 13.2. The van der Waals surface area contributed by atoms with Crippen molar-refractivity contribution < 1.29 is 19.1 Å². The summed E-state index contributed by atoms with van der Waals surface area (Å²) in [7, 11) is 0. The fraction of sp³-hybridized carbons (Fsp3) is 0.463. The second-order valence-corrected chi connectivity index (χ2v) is 12.9. The van der Waals surface area contributed by atoms with Gasteiger partial charge in [-0.2, -0.15) is 0 Å². The van der Waals surface area contributed by atoms with Gasteiger partial charge in [-0.25, -0.2) is 19.9 Å². The van der Waals surface area contributed by atoms with E-state index in [1.165, 1.54) is 64.2 Å². The van der Waals surface area contributed by atoms with Crippen molar-refractivity contribution in [2.45, 2.75) is 117 Å².